The standard InChI is InChI=1S/C25H25N3O3/c1-31-23-9-5-4-8-21(23)26-12-14-27(15-13-26)22-17-24(29)28(25(22)30)20-11-10-18-6-2-3-7-19(18)16-20/h2-11,16,22H,12-15,17H2,1H3/t22-/m1/s1. The van der Waals surface area contributed by atoms with Crippen molar-refractivity contribution < 1.29 is 14.3 Å². The molecule has 2 aliphatic rings. The zero-order valence-electron chi connectivity index (χ0n) is 17.5. The molecule has 6 nitrogen and oxygen atoms in total. The lowest BCUT2D eigenvalue weighted by molar-refractivity contribution is -0.123. The summed E-state index contributed by atoms with van der Waals surface area (Å²) in [7, 11) is 1.68. The van der Waals surface area contributed by atoms with Gasteiger partial charge in [0.25, 0.3) is 5.91 Å². The summed E-state index contributed by atoms with van der Waals surface area (Å²) in [5.41, 5.74) is 1.72. The van der Waals surface area contributed by atoms with Crippen molar-refractivity contribution in [3.63, 3.8) is 0 Å². The Morgan fingerprint density at radius 2 is 1.55 bits per heavy atom. The first-order valence-electron chi connectivity index (χ1n) is 10.6. The second-order valence-electron chi connectivity index (χ2n) is 8.01. The summed E-state index contributed by atoms with van der Waals surface area (Å²) >= 11 is 0. The molecule has 2 fully saturated rings. The fourth-order valence-electron chi connectivity index (χ4n) is 4.65. The van der Waals surface area contributed by atoms with Crippen LogP contribution in [-0.2, 0) is 9.59 Å². The number of nitrogens with zero attached hydrogens (tertiary/aromatic N) is 3. The molecule has 5 rings (SSSR count). The Balaban J connectivity index is 1.31. The van der Waals surface area contributed by atoms with Crippen LogP contribution in [0.1, 0.15) is 6.42 Å². The summed E-state index contributed by atoms with van der Waals surface area (Å²) in [5.74, 6) is 0.606. The predicted octanol–water partition coefficient (Wildman–Crippen LogP) is 3.30. The highest BCUT2D eigenvalue weighted by Gasteiger charge is 2.43. The second-order valence-corrected chi connectivity index (χ2v) is 8.01. The number of hydrogen-bond acceptors (Lipinski definition) is 5. The van der Waals surface area contributed by atoms with Gasteiger partial charge in [-0.1, -0.05) is 42.5 Å². The minimum atomic E-state index is -0.390. The molecule has 0 aromatic heterocycles. The molecule has 3 aromatic carbocycles. The number of fused-ring (bicyclic) bond motifs is 1. The van der Waals surface area contributed by atoms with E-state index in [0.29, 0.717) is 5.69 Å². The summed E-state index contributed by atoms with van der Waals surface area (Å²) in [5, 5.41) is 2.11. The number of anilines is 2. The first kappa shape index (κ1) is 19.6. The first-order valence-corrected chi connectivity index (χ1v) is 10.6. The number of carbonyl (C=O) groups is 2. The molecule has 0 unspecified atom stereocenters. The van der Waals surface area contributed by atoms with Crippen molar-refractivity contribution in [2.75, 3.05) is 43.1 Å². The molecule has 0 N–H and O–H groups in total. The van der Waals surface area contributed by atoms with E-state index in [1.165, 1.54) is 4.90 Å². The molecule has 158 valence electrons. The molecule has 0 radical (unpaired) electrons. The molecule has 0 bridgehead atoms. The second kappa shape index (κ2) is 8.04. The van der Waals surface area contributed by atoms with Crippen molar-refractivity contribution in [1.29, 1.82) is 0 Å². The van der Waals surface area contributed by atoms with Crippen LogP contribution in [0, 0.1) is 0 Å². The maximum Gasteiger partial charge on any atom is 0.251 e. The van der Waals surface area contributed by atoms with Crippen LogP contribution in [0.25, 0.3) is 10.8 Å². The van der Waals surface area contributed by atoms with E-state index in [9.17, 15) is 9.59 Å². The van der Waals surface area contributed by atoms with Crippen molar-refractivity contribution in [1.82, 2.24) is 4.90 Å². The van der Waals surface area contributed by atoms with Crippen molar-refractivity contribution in [2.45, 2.75) is 12.5 Å². The highest BCUT2D eigenvalue weighted by Crippen LogP contribution is 2.31. The first-order chi connectivity index (χ1) is 15.2. The van der Waals surface area contributed by atoms with Gasteiger partial charge in [0.1, 0.15) is 5.75 Å². The summed E-state index contributed by atoms with van der Waals surface area (Å²) in [6, 6.07) is 21.3. The number of imide groups is 1. The monoisotopic (exact) mass is 415 g/mol. The molecule has 2 saturated heterocycles. The molecule has 0 spiro atoms. The van der Waals surface area contributed by atoms with E-state index in [1.807, 2.05) is 60.7 Å². The molecule has 2 amide bonds. The number of benzene rings is 3. The SMILES string of the molecule is COc1ccccc1N1CCN([C@@H]2CC(=O)N(c3ccc4ccccc4c3)C2=O)CC1. The Morgan fingerprint density at radius 1 is 0.839 bits per heavy atom. The lowest BCUT2D eigenvalue weighted by Crippen LogP contribution is -2.52. The van der Waals surface area contributed by atoms with Gasteiger partial charge in [-0.2, -0.15) is 0 Å². The molecule has 2 aliphatic heterocycles. The fraction of sp³-hybridized carbons (Fsp3) is 0.280. The third kappa shape index (κ3) is 3.53. The highest BCUT2D eigenvalue weighted by atomic mass is 16.5. The molecule has 31 heavy (non-hydrogen) atoms. The van der Waals surface area contributed by atoms with Crippen molar-refractivity contribution in [3.05, 3.63) is 66.7 Å². The van der Waals surface area contributed by atoms with E-state index in [1.54, 1.807) is 7.11 Å². The molecule has 2 heterocycles. The van der Waals surface area contributed by atoms with E-state index in [2.05, 4.69) is 15.9 Å². The van der Waals surface area contributed by atoms with Gasteiger partial charge in [0, 0.05) is 26.2 Å². The van der Waals surface area contributed by atoms with Crippen LogP contribution < -0.4 is 14.5 Å². The van der Waals surface area contributed by atoms with Crippen molar-refractivity contribution in [2.24, 2.45) is 0 Å². The topological polar surface area (TPSA) is 53.1 Å². The Bertz CT molecular complexity index is 1140. The van der Waals surface area contributed by atoms with Gasteiger partial charge in [-0.3, -0.25) is 14.5 Å². The van der Waals surface area contributed by atoms with Crippen LogP contribution >= 0.6 is 0 Å². The summed E-state index contributed by atoms with van der Waals surface area (Å²) in [6.07, 6.45) is 0.236. The Hall–Kier alpha value is -3.38. The summed E-state index contributed by atoms with van der Waals surface area (Å²) in [6.45, 7) is 3.03. The van der Waals surface area contributed by atoms with Crippen LogP contribution in [0.4, 0.5) is 11.4 Å². The average molecular weight is 415 g/mol. The lowest BCUT2D eigenvalue weighted by Gasteiger charge is -2.38. The van der Waals surface area contributed by atoms with Crippen LogP contribution in [0.15, 0.2) is 66.7 Å². The third-order valence-corrected chi connectivity index (χ3v) is 6.29. The van der Waals surface area contributed by atoms with Crippen LogP contribution in [0.3, 0.4) is 0 Å². The number of hydrogen-bond donors (Lipinski definition) is 0. The van der Waals surface area contributed by atoms with Crippen LogP contribution in [0.5, 0.6) is 5.75 Å². The highest BCUT2D eigenvalue weighted by molar-refractivity contribution is 6.22. The average Bonchev–Trinajstić information content (AvgIpc) is 3.12. The van der Waals surface area contributed by atoms with Crippen LogP contribution in [-0.4, -0.2) is 56.0 Å². The summed E-state index contributed by atoms with van der Waals surface area (Å²) < 4.78 is 5.49. The normalized spacial score (nSPS) is 20.0. The Labute approximate surface area is 181 Å². The maximum absolute atomic E-state index is 13.2. The van der Waals surface area contributed by atoms with E-state index in [0.717, 1.165) is 48.4 Å². The zero-order chi connectivity index (χ0) is 21.4. The number of methoxy groups -OCH3 is 1. The van der Waals surface area contributed by atoms with E-state index in [-0.39, 0.29) is 18.2 Å². The molecule has 3 aromatic rings. The van der Waals surface area contributed by atoms with E-state index in [4.69, 9.17) is 4.74 Å². The minimum absolute atomic E-state index is 0.119. The number of piperazine rings is 1. The van der Waals surface area contributed by atoms with Gasteiger partial charge < -0.3 is 9.64 Å². The molecule has 6 heteroatoms. The predicted molar refractivity (Wildman–Crippen MR) is 122 cm³/mol. The summed E-state index contributed by atoms with van der Waals surface area (Å²) in [4.78, 5) is 31.8. The number of carbonyl (C=O) groups excluding carboxylic acids is 2. The van der Waals surface area contributed by atoms with Gasteiger partial charge >= 0.3 is 0 Å². The van der Waals surface area contributed by atoms with Gasteiger partial charge in [-0.25, -0.2) is 4.90 Å². The molecule has 0 aliphatic carbocycles. The number of rotatable bonds is 4. The largest absolute Gasteiger partial charge is 0.495 e. The number of ether oxygens (including phenoxy) is 1. The van der Waals surface area contributed by atoms with Gasteiger partial charge in [0.2, 0.25) is 5.91 Å². The molecule has 0 saturated carbocycles. The number of amides is 2. The van der Waals surface area contributed by atoms with E-state index < -0.39 is 6.04 Å². The van der Waals surface area contributed by atoms with Gasteiger partial charge in [-0.15, -0.1) is 0 Å². The lowest BCUT2D eigenvalue weighted by atomic mass is 10.1. The van der Waals surface area contributed by atoms with Crippen molar-refractivity contribution in [3.8, 4) is 5.75 Å². The Kier molecular flexibility index (Phi) is 5.08. The third-order valence-electron chi connectivity index (χ3n) is 6.29. The van der Waals surface area contributed by atoms with Crippen molar-refractivity contribution >= 4 is 34.0 Å². The van der Waals surface area contributed by atoms with Gasteiger partial charge in [0.05, 0.1) is 30.9 Å². The Morgan fingerprint density at radius 3 is 2.32 bits per heavy atom. The van der Waals surface area contributed by atoms with Crippen LogP contribution in [0.2, 0.25) is 0 Å². The molecular weight excluding hydrogens is 390 g/mol. The molecular formula is C25H25N3O3. The maximum atomic E-state index is 13.2. The number of para-hydroxylation sites is 2. The molecule has 1 atom stereocenters. The minimum Gasteiger partial charge on any atom is -0.495 e. The fourth-order valence-corrected chi connectivity index (χ4v) is 4.65. The quantitative estimate of drug-likeness (QED) is 0.612. The van der Waals surface area contributed by atoms with Gasteiger partial charge in [0.15, 0.2) is 0 Å². The zero-order valence-corrected chi connectivity index (χ0v) is 17.5. The smallest absolute Gasteiger partial charge is 0.251 e. The van der Waals surface area contributed by atoms with Gasteiger partial charge in [-0.05, 0) is 35.0 Å². The van der Waals surface area contributed by atoms with E-state index >= 15 is 0 Å².